The van der Waals surface area contributed by atoms with E-state index < -0.39 is 0 Å². The predicted octanol–water partition coefficient (Wildman–Crippen LogP) is 3.12. The molecule has 2 aromatic rings. The molecule has 16 heavy (non-hydrogen) atoms. The van der Waals surface area contributed by atoms with Crippen LogP contribution < -0.4 is 11.3 Å². The molecule has 0 saturated heterocycles. The molecule has 1 atom stereocenters. The third-order valence-corrected chi connectivity index (χ3v) is 3.67. The van der Waals surface area contributed by atoms with Crippen LogP contribution in [-0.4, -0.2) is 0 Å². The first-order valence-corrected chi connectivity index (χ1v) is 5.82. The number of thiophene rings is 1. The second-order valence-electron chi connectivity index (χ2n) is 3.57. The van der Waals surface area contributed by atoms with Crippen molar-refractivity contribution in [2.75, 3.05) is 0 Å². The molecule has 1 heterocycles. The van der Waals surface area contributed by atoms with E-state index in [1.807, 2.05) is 12.1 Å². The Balaban J connectivity index is 2.41. The predicted molar refractivity (Wildman–Crippen MR) is 66.7 cm³/mol. The Hall–Kier alpha value is -1.23. The van der Waals surface area contributed by atoms with Gasteiger partial charge in [-0.3, -0.25) is 11.3 Å². The highest BCUT2D eigenvalue weighted by molar-refractivity contribution is 7.19. The summed E-state index contributed by atoms with van der Waals surface area (Å²) in [5, 5.41) is 0.921. The minimum Gasteiger partial charge on any atom is -0.271 e. The van der Waals surface area contributed by atoms with Crippen molar-refractivity contribution >= 4 is 21.4 Å². The van der Waals surface area contributed by atoms with E-state index in [9.17, 15) is 4.39 Å². The summed E-state index contributed by atoms with van der Waals surface area (Å²) in [4.78, 5) is 1.10. The van der Waals surface area contributed by atoms with Crippen molar-refractivity contribution in [1.29, 1.82) is 0 Å². The maximum Gasteiger partial charge on any atom is 0.123 e. The fourth-order valence-electron chi connectivity index (χ4n) is 1.64. The van der Waals surface area contributed by atoms with E-state index in [1.165, 1.54) is 12.1 Å². The normalized spacial score (nSPS) is 12.9. The van der Waals surface area contributed by atoms with Gasteiger partial charge in [-0.1, -0.05) is 6.08 Å². The van der Waals surface area contributed by atoms with E-state index in [4.69, 9.17) is 5.84 Å². The van der Waals surface area contributed by atoms with Gasteiger partial charge in [0.25, 0.3) is 0 Å². The van der Waals surface area contributed by atoms with Gasteiger partial charge in [-0.25, -0.2) is 4.39 Å². The molecule has 2 nitrogen and oxygen atoms in total. The van der Waals surface area contributed by atoms with Gasteiger partial charge in [-0.15, -0.1) is 17.9 Å². The van der Waals surface area contributed by atoms with Crippen LogP contribution in [0.5, 0.6) is 0 Å². The fraction of sp³-hybridized carbons (Fsp3) is 0.167. The van der Waals surface area contributed by atoms with Gasteiger partial charge >= 0.3 is 0 Å². The standard InChI is InChI=1S/C12H13FN2S/c1-2-3-10(15-14)12-7-8-6-9(13)4-5-11(8)16-12/h2,4-7,10,15H,1,3,14H2. The van der Waals surface area contributed by atoms with Crippen molar-refractivity contribution in [2.45, 2.75) is 12.5 Å². The summed E-state index contributed by atoms with van der Waals surface area (Å²) in [7, 11) is 0. The summed E-state index contributed by atoms with van der Waals surface area (Å²) < 4.78 is 14.1. The van der Waals surface area contributed by atoms with Crippen molar-refractivity contribution in [1.82, 2.24) is 5.43 Å². The maximum absolute atomic E-state index is 13.0. The number of hydrazine groups is 1. The average molecular weight is 236 g/mol. The van der Waals surface area contributed by atoms with E-state index in [1.54, 1.807) is 17.4 Å². The Labute approximate surface area is 97.5 Å². The second-order valence-corrected chi connectivity index (χ2v) is 4.69. The third kappa shape index (κ3) is 2.14. The topological polar surface area (TPSA) is 38.0 Å². The molecule has 0 amide bonds. The van der Waals surface area contributed by atoms with Crippen LogP contribution in [0.25, 0.3) is 10.1 Å². The second kappa shape index (κ2) is 4.74. The molecule has 0 aliphatic heterocycles. The molecular weight excluding hydrogens is 223 g/mol. The zero-order valence-corrected chi connectivity index (χ0v) is 9.56. The number of fused-ring (bicyclic) bond motifs is 1. The lowest BCUT2D eigenvalue weighted by atomic mass is 10.1. The van der Waals surface area contributed by atoms with Crippen LogP contribution in [0.3, 0.4) is 0 Å². The Morgan fingerprint density at radius 2 is 2.31 bits per heavy atom. The van der Waals surface area contributed by atoms with Gasteiger partial charge < -0.3 is 0 Å². The highest BCUT2D eigenvalue weighted by Gasteiger charge is 2.11. The lowest BCUT2D eigenvalue weighted by molar-refractivity contribution is 0.571. The lowest BCUT2D eigenvalue weighted by Gasteiger charge is -2.10. The first kappa shape index (κ1) is 11.3. The fourth-order valence-corrected chi connectivity index (χ4v) is 2.76. The third-order valence-electron chi connectivity index (χ3n) is 2.44. The minimum absolute atomic E-state index is 0.0537. The van der Waals surface area contributed by atoms with E-state index >= 15 is 0 Å². The van der Waals surface area contributed by atoms with E-state index in [2.05, 4.69) is 12.0 Å². The number of nitrogens with two attached hydrogens (primary N) is 1. The first-order chi connectivity index (χ1) is 7.74. The average Bonchev–Trinajstić information content (AvgIpc) is 2.68. The van der Waals surface area contributed by atoms with Gasteiger partial charge in [0.2, 0.25) is 0 Å². The summed E-state index contributed by atoms with van der Waals surface area (Å²) in [6, 6.07) is 6.83. The molecule has 0 fully saturated rings. The molecule has 1 unspecified atom stereocenters. The number of nitrogens with one attached hydrogen (secondary N) is 1. The van der Waals surface area contributed by atoms with E-state index in [0.717, 1.165) is 21.4 Å². The number of hydrogen-bond donors (Lipinski definition) is 2. The van der Waals surface area contributed by atoms with Crippen molar-refractivity contribution in [2.24, 2.45) is 5.84 Å². The number of benzene rings is 1. The van der Waals surface area contributed by atoms with Crippen LogP contribution >= 0.6 is 11.3 Å². The van der Waals surface area contributed by atoms with Gasteiger partial charge in [-0.2, -0.15) is 0 Å². The molecule has 1 aromatic heterocycles. The number of hydrogen-bond acceptors (Lipinski definition) is 3. The number of halogens is 1. The molecule has 0 spiro atoms. The Morgan fingerprint density at radius 3 is 3.00 bits per heavy atom. The SMILES string of the molecule is C=CCC(NN)c1cc2cc(F)ccc2s1. The molecule has 3 N–H and O–H groups in total. The molecule has 0 bridgehead atoms. The molecule has 0 aliphatic carbocycles. The Kier molecular flexibility index (Phi) is 3.33. The highest BCUT2D eigenvalue weighted by Crippen LogP contribution is 2.31. The van der Waals surface area contributed by atoms with Gasteiger partial charge in [0.1, 0.15) is 5.82 Å². The molecule has 84 valence electrons. The summed E-state index contributed by atoms with van der Waals surface area (Å²) in [6.45, 7) is 3.69. The maximum atomic E-state index is 13.0. The van der Waals surface area contributed by atoms with Crippen LogP contribution in [-0.2, 0) is 0 Å². The van der Waals surface area contributed by atoms with Crippen LogP contribution in [0.1, 0.15) is 17.3 Å². The quantitative estimate of drug-likeness (QED) is 0.486. The van der Waals surface area contributed by atoms with Crippen molar-refractivity contribution in [3.05, 3.63) is 47.6 Å². The minimum atomic E-state index is -0.210. The smallest absolute Gasteiger partial charge is 0.123 e. The van der Waals surface area contributed by atoms with E-state index in [0.29, 0.717) is 0 Å². The van der Waals surface area contributed by atoms with Crippen LogP contribution in [0, 0.1) is 5.82 Å². The van der Waals surface area contributed by atoms with Crippen molar-refractivity contribution < 1.29 is 4.39 Å². The molecule has 0 saturated carbocycles. The molecule has 0 aliphatic rings. The van der Waals surface area contributed by atoms with Crippen molar-refractivity contribution in [3.63, 3.8) is 0 Å². The molecule has 2 rings (SSSR count). The molecular formula is C12H13FN2S. The monoisotopic (exact) mass is 236 g/mol. The van der Waals surface area contributed by atoms with Crippen molar-refractivity contribution in [3.8, 4) is 0 Å². The Bertz CT molecular complexity index is 507. The highest BCUT2D eigenvalue weighted by atomic mass is 32.1. The van der Waals surface area contributed by atoms with Crippen LogP contribution in [0.4, 0.5) is 4.39 Å². The van der Waals surface area contributed by atoms with E-state index in [-0.39, 0.29) is 11.9 Å². The summed E-state index contributed by atoms with van der Waals surface area (Å²) >= 11 is 1.62. The summed E-state index contributed by atoms with van der Waals surface area (Å²) in [6.07, 6.45) is 2.57. The zero-order chi connectivity index (χ0) is 11.5. The lowest BCUT2D eigenvalue weighted by Crippen LogP contribution is -2.26. The van der Waals surface area contributed by atoms with Gasteiger partial charge in [0.15, 0.2) is 0 Å². The van der Waals surface area contributed by atoms with Crippen LogP contribution in [0.2, 0.25) is 0 Å². The summed E-state index contributed by atoms with van der Waals surface area (Å²) in [5.74, 6) is 5.27. The van der Waals surface area contributed by atoms with Crippen LogP contribution in [0.15, 0.2) is 36.9 Å². The first-order valence-electron chi connectivity index (χ1n) is 5.00. The zero-order valence-electron chi connectivity index (χ0n) is 8.74. The molecule has 0 radical (unpaired) electrons. The van der Waals surface area contributed by atoms with Gasteiger partial charge in [0, 0.05) is 9.58 Å². The Morgan fingerprint density at radius 1 is 1.50 bits per heavy atom. The molecule has 4 heteroatoms. The molecule has 1 aromatic carbocycles. The summed E-state index contributed by atoms with van der Waals surface area (Å²) in [5.41, 5.74) is 2.74. The number of rotatable bonds is 4. The van der Waals surface area contributed by atoms with Gasteiger partial charge in [0.05, 0.1) is 6.04 Å². The largest absolute Gasteiger partial charge is 0.271 e. The van der Waals surface area contributed by atoms with Gasteiger partial charge in [-0.05, 0) is 36.1 Å².